The maximum absolute atomic E-state index is 12.5. The number of aromatic nitrogens is 3. The summed E-state index contributed by atoms with van der Waals surface area (Å²) in [5.41, 5.74) is 3.50. The van der Waals surface area contributed by atoms with Gasteiger partial charge in [0.2, 0.25) is 0 Å². The summed E-state index contributed by atoms with van der Waals surface area (Å²) in [4.78, 5) is 26.5. The highest BCUT2D eigenvalue weighted by Crippen LogP contribution is 2.28. The van der Waals surface area contributed by atoms with Gasteiger partial charge in [-0.05, 0) is 53.9 Å². The van der Waals surface area contributed by atoms with Crippen molar-refractivity contribution in [3.63, 3.8) is 0 Å². The first-order valence-electron chi connectivity index (χ1n) is 9.90. The lowest BCUT2D eigenvalue weighted by molar-refractivity contribution is 0.122. The molecule has 3 aromatic heterocycles. The number of H-pyrrole nitrogens is 1. The molecule has 1 aliphatic heterocycles. The van der Waals surface area contributed by atoms with Gasteiger partial charge in [-0.3, -0.25) is 9.78 Å². The normalized spacial score (nSPS) is 14.1. The molecule has 7 heteroatoms. The van der Waals surface area contributed by atoms with Gasteiger partial charge in [-0.15, -0.1) is 0 Å². The average molecular weight is 399 g/mol. The monoisotopic (exact) mass is 399 g/mol. The molecule has 0 amide bonds. The number of hydrogen-bond acceptors (Lipinski definition) is 6. The fourth-order valence-corrected chi connectivity index (χ4v) is 3.68. The van der Waals surface area contributed by atoms with Gasteiger partial charge in [0.15, 0.2) is 0 Å². The molecule has 4 aromatic rings. The highest BCUT2D eigenvalue weighted by molar-refractivity contribution is 5.95. The summed E-state index contributed by atoms with van der Waals surface area (Å²) in [5, 5.41) is 4.68. The highest BCUT2D eigenvalue weighted by atomic mass is 16.5. The summed E-state index contributed by atoms with van der Waals surface area (Å²) < 4.78 is 5.42. The first kappa shape index (κ1) is 18.3. The number of benzene rings is 1. The quantitative estimate of drug-likeness (QED) is 0.546. The van der Waals surface area contributed by atoms with Crippen molar-refractivity contribution < 1.29 is 4.74 Å². The van der Waals surface area contributed by atoms with E-state index in [-0.39, 0.29) is 5.56 Å². The summed E-state index contributed by atoms with van der Waals surface area (Å²) in [7, 11) is 0. The van der Waals surface area contributed by atoms with Crippen LogP contribution in [0.2, 0.25) is 0 Å². The molecule has 0 saturated carbocycles. The molecule has 150 valence electrons. The number of pyridine rings is 3. The minimum absolute atomic E-state index is 0.176. The number of fused-ring (bicyclic) bond motifs is 1. The molecule has 0 atom stereocenters. The number of anilines is 3. The van der Waals surface area contributed by atoms with Crippen LogP contribution in [0.15, 0.2) is 71.9 Å². The van der Waals surface area contributed by atoms with Gasteiger partial charge < -0.3 is 19.9 Å². The van der Waals surface area contributed by atoms with Gasteiger partial charge in [-0.25, -0.2) is 4.98 Å². The summed E-state index contributed by atoms with van der Waals surface area (Å²) in [5.74, 6) is 0.521. The summed E-state index contributed by atoms with van der Waals surface area (Å²) in [6.07, 6.45) is 5.14. The lowest BCUT2D eigenvalue weighted by atomic mass is 10.1. The molecular formula is C23H21N5O2. The van der Waals surface area contributed by atoms with E-state index < -0.39 is 0 Å². The zero-order chi connectivity index (χ0) is 20.3. The van der Waals surface area contributed by atoms with Gasteiger partial charge >= 0.3 is 0 Å². The van der Waals surface area contributed by atoms with E-state index in [0.717, 1.165) is 54.3 Å². The van der Waals surface area contributed by atoms with Crippen molar-refractivity contribution in [2.45, 2.75) is 0 Å². The fraction of sp³-hybridized carbons (Fsp3) is 0.174. The Labute approximate surface area is 173 Å². The number of ether oxygens (including phenoxy) is 1. The van der Waals surface area contributed by atoms with Crippen molar-refractivity contribution >= 4 is 28.0 Å². The first-order valence-corrected chi connectivity index (χ1v) is 9.90. The molecule has 30 heavy (non-hydrogen) atoms. The molecule has 1 fully saturated rings. The van der Waals surface area contributed by atoms with Crippen LogP contribution in [0.25, 0.3) is 22.0 Å². The number of rotatable bonds is 4. The molecule has 0 spiro atoms. The van der Waals surface area contributed by atoms with Crippen LogP contribution in [0.4, 0.5) is 17.2 Å². The van der Waals surface area contributed by atoms with Gasteiger partial charge in [0, 0.05) is 48.6 Å². The molecule has 2 N–H and O–H groups in total. The molecule has 0 radical (unpaired) electrons. The van der Waals surface area contributed by atoms with Crippen LogP contribution in [-0.4, -0.2) is 41.3 Å². The van der Waals surface area contributed by atoms with Crippen LogP contribution in [-0.2, 0) is 4.74 Å². The van der Waals surface area contributed by atoms with E-state index in [9.17, 15) is 4.79 Å². The lowest BCUT2D eigenvalue weighted by Crippen LogP contribution is -2.36. The molecule has 1 aromatic carbocycles. The number of aromatic amines is 1. The average Bonchev–Trinajstić information content (AvgIpc) is 2.81. The number of nitrogens with zero attached hydrogens (tertiary/aromatic N) is 3. The Balaban J connectivity index is 1.52. The third kappa shape index (κ3) is 3.62. The molecule has 0 aliphatic carbocycles. The number of hydrogen-bond donors (Lipinski definition) is 2. The molecule has 0 unspecified atom stereocenters. The van der Waals surface area contributed by atoms with Crippen LogP contribution in [0.3, 0.4) is 0 Å². The molecule has 1 aliphatic rings. The third-order valence-electron chi connectivity index (χ3n) is 5.22. The predicted octanol–water partition coefficient (Wildman–Crippen LogP) is 3.57. The van der Waals surface area contributed by atoms with E-state index in [2.05, 4.69) is 32.3 Å². The Hall–Kier alpha value is -3.71. The van der Waals surface area contributed by atoms with E-state index in [1.807, 2.05) is 36.4 Å². The zero-order valence-corrected chi connectivity index (χ0v) is 16.3. The van der Waals surface area contributed by atoms with Gasteiger partial charge in [0.1, 0.15) is 5.82 Å². The highest BCUT2D eigenvalue weighted by Gasteiger charge is 2.13. The largest absolute Gasteiger partial charge is 0.378 e. The van der Waals surface area contributed by atoms with Gasteiger partial charge in [0.25, 0.3) is 5.56 Å². The summed E-state index contributed by atoms with van der Waals surface area (Å²) in [6, 6.07) is 15.8. The molecule has 7 nitrogen and oxygen atoms in total. The smallest absolute Gasteiger partial charge is 0.259 e. The molecule has 4 heterocycles. The Morgan fingerprint density at radius 3 is 2.67 bits per heavy atom. The summed E-state index contributed by atoms with van der Waals surface area (Å²) >= 11 is 0. The molecular weight excluding hydrogens is 378 g/mol. The van der Waals surface area contributed by atoms with Crippen molar-refractivity contribution in [1.29, 1.82) is 0 Å². The van der Waals surface area contributed by atoms with E-state index in [4.69, 9.17) is 9.72 Å². The first-order chi connectivity index (χ1) is 14.8. The van der Waals surface area contributed by atoms with Crippen molar-refractivity contribution in [3.8, 4) is 11.3 Å². The Morgan fingerprint density at radius 1 is 1.07 bits per heavy atom. The zero-order valence-electron chi connectivity index (χ0n) is 16.3. The Morgan fingerprint density at radius 2 is 1.90 bits per heavy atom. The SMILES string of the molecule is O=c1[nH]ccc2cc(-c3cccnc3)nc(Nc3ccc(N4CCOCC4)cc3)c12. The van der Waals surface area contributed by atoms with E-state index >= 15 is 0 Å². The second kappa shape index (κ2) is 7.96. The van der Waals surface area contributed by atoms with Crippen molar-refractivity contribution in [2.75, 3.05) is 36.5 Å². The van der Waals surface area contributed by atoms with Crippen molar-refractivity contribution in [2.24, 2.45) is 0 Å². The predicted molar refractivity (Wildman–Crippen MR) is 118 cm³/mol. The van der Waals surface area contributed by atoms with Crippen LogP contribution in [0.5, 0.6) is 0 Å². The van der Waals surface area contributed by atoms with E-state index in [1.54, 1.807) is 18.6 Å². The van der Waals surface area contributed by atoms with E-state index in [0.29, 0.717) is 11.2 Å². The van der Waals surface area contributed by atoms with Crippen molar-refractivity contribution in [1.82, 2.24) is 15.0 Å². The van der Waals surface area contributed by atoms with Crippen LogP contribution in [0, 0.1) is 0 Å². The fourth-order valence-electron chi connectivity index (χ4n) is 3.68. The summed E-state index contributed by atoms with van der Waals surface area (Å²) in [6.45, 7) is 3.28. The maximum Gasteiger partial charge on any atom is 0.259 e. The topological polar surface area (TPSA) is 83.1 Å². The second-order valence-corrected chi connectivity index (χ2v) is 7.14. The van der Waals surface area contributed by atoms with Crippen LogP contribution >= 0.6 is 0 Å². The molecule has 0 bridgehead atoms. The second-order valence-electron chi connectivity index (χ2n) is 7.14. The lowest BCUT2D eigenvalue weighted by Gasteiger charge is -2.28. The van der Waals surface area contributed by atoms with Crippen LogP contribution in [0.1, 0.15) is 0 Å². The minimum Gasteiger partial charge on any atom is -0.378 e. The van der Waals surface area contributed by atoms with E-state index in [1.165, 1.54) is 0 Å². The number of nitrogens with one attached hydrogen (secondary N) is 2. The Kier molecular flexibility index (Phi) is 4.86. The Bertz CT molecular complexity index is 1220. The van der Waals surface area contributed by atoms with Gasteiger partial charge in [-0.2, -0.15) is 0 Å². The maximum atomic E-state index is 12.5. The van der Waals surface area contributed by atoms with Gasteiger partial charge in [0.05, 0.1) is 24.3 Å². The van der Waals surface area contributed by atoms with Crippen LogP contribution < -0.4 is 15.8 Å². The van der Waals surface area contributed by atoms with Crippen molar-refractivity contribution in [3.05, 3.63) is 77.5 Å². The standard InChI is InChI=1S/C23H21N5O2/c29-23-21-16(7-9-25-23)14-20(17-2-1-8-24-15-17)27-22(21)26-18-3-5-19(6-4-18)28-10-12-30-13-11-28/h1-9,14-15H,10-13H2,(H,25,29)(H,26,27). The molecule has 1 saturated heterocycles. The van der Waals surface area contributed by atoms with Gasteiger partial charge in [-0.1, -0.05) is 0 Å². The number of morpholine rings is 1. The molecule has 5 rings (SSSR count). The minimum atomic E-state index is -0.176. The third-order valence-corrected chi connectivity index (χ3v) is 5.22.